The summed E-state index contributed by atoms with van der Waals surface area (Å²) >= 11 is 0. The molecule has 0 saturated carbocycles. The Balaban J connectivity index is 1.81. The molecule has 0 unspecified atom stereocenters. The molecule has 1 rings (SSSR count). The Morgan fingerprint density at radius 3 is 2.19 bits per heavy atom. The third-order valence-electron chi connectivity index (χ3n) is 2.87. The summed E-state index contributed by atoms with van der Waals surface area (Å²) in [6, 6.07) is 0. The van der Waals surface area contributed by atoms with Crippen LogP contribution in [0.2, 0.25) is 0 Å². The molecular formula is C14H25NO. The van der Waals surface area contributed by atoms with Crippen molar-refractivity contribution in [1.29, 1.82) is 0 Å². The first kappa shape index (κ1) is 13.1. The molecule has 0 fully saturated rings. The number of allylic oxidation sites excluding steroid dienone is 2. The van der Waals surface area contributed by atoms with E-state index in [4.69, 9.17) is 4.84 Å². The number of hydrogen-bond donors (Lipinski definition) is 0. The third kappa shape index (κ3) is 6.54. The van der Waals surface area contributed by atoms with Crippen molar-refractivity contribution in [3.05, 3.63) is 24.6 Å². The van der Waals surface area contributed by atoms with Crippen molar-refractivity contribution < 1.29 is 4.84 Å². The minimum atomic E-state index is 1.01. The molecular weight excluding hydrogens is 198 g/mol. The Bertz CT molecular complexity index is 211. The lowest BCUT2D eigenvalue weighted by Crippen LogP contribution is -2.17. The van der Waals surface area contributed by atoms with Gasteiger partial charge < -0.3 is 4.84 Å². The molecule has 2 nitrogen and oxygen atoms in total. The molecule has 1 aliphatic heterocycles. The van der Waals surface area contributed by atoms with Crippen LogP contribution in [0.4, 0.5) is 0 Å². The zero-order valence-electron chi connectivity index (χ0n) is 10.5. The quantitative estimate of drug-likeness (QED) is 0.537. The summed E-state index contributed by atoms with van der Waals surface area (Å²) in [6.07, 6.45) is 18.5. The summed E-state index contributed by atoms with van der Waals surface area (Å²) in [6.45, 7) is 3.27. The van der Waals surface area contributed by atoms with E-state index in [-0.39, 0.29) is 0 Å². The van der Waals surface area contributed by atoms with Gasteiger partial charge >= 0.3 is 0 Å². The SMILES string of the molecule is CCCCCCCCCCN1C=CC=CO1. The van der Waals surface area contributed by atoms with Crippen LogP contribution in [0.5, 0.6) is 0 Å². The molecule has 16 heavy (non-hydrogen) atoms. The van der Waals surface area contributed by atoms with Gasteiger partial charge in [0.1, 0.15) is 6.26 Å². The molecule has 0 saturated heterocycles. The van der Waals surface area contributed by atoms with Gasteiger partial charge in [-0.05, 0) is 18.6 Å². The Morgan fingerprint density at radius 1 is 0.875 bits per heavy atom. The summed E-state index contributed by atoms with van der Waals surface area (Å²) in [5, 5.41) is 1.90. The maximum Gasteiger partial charge on any atom is 0.119 e. The van der Waals surface area contributed by atoms with Gasteiger partial charge in [-0.2, -0.15) is 0 Å². The number of rotatable bonds is 9. The summed E-state index contributed by atoms with van der Waals surface area (Å²) in [7, 11) is 0. The van der Waals surface area contributed by atoms with Crippen LogP contribution >= 0.6 is 0 Å². The molecule has 0 bridgehead atoms. The maximum absolute atomic E-state index is 5.30. The van der Waals surface area contributed by atoms with Crippen molar-refractivity contribution in [2.75, 3.05) is 6.54 Å². The minimum Gasteiger partial charge on any atom is -0.388 e. The van der Waals surface area contributed by atoms with Crippen molar-refractivity contribution in [1.82, 2.24) is 5.06 Å². The molecule has 0 atom stereocenters. The highest BCUT2D eigenvalue weighted by atomic mass is 16.7. The van der Waals surface area contributed by atoms with Crippen molar-refractivity contribution in [3.63, 3.8) is 0 Å². The van der Waals surface area contributed by atoms with Gasteiger partial charge in [-0.15, -0.1) is 0 Å². The minimum absolute atomic E-state index is 1.01. The number of hydrogen-bond acceptors (Lipinski definition) is 2. The fourth-order valence-electron chi connectivity index (χ4n) is 1.87. The first-order valence-electron chi connectivity index (χ1n) is 6.70. The lowest BCUT2D eigenvalue weighted by molar-refractivity contribution is -0.0604. The van der Waals surface area contributed by atoms with E-state index >= 15 is 0 Å². The Kier molecular flexibility index (Phi) is 7.65. The summed E-state index contributed by atoms with van der Waals surface area (Å²) in [5.74, 6) is 0. The zero-order chi connectivity index (χ0) is 11.5. The van der Waals surface area contributed by atoms with Crippen LogP contribution in [0.15, 0.2) is 24.6 Å². The monoisotopic (exact) mass is 223 g/mol. The first-order chi connectivity index (χ1) is 7.93. The lowest BCUT2D eigenvalue weighted by Gasteiger charge is -2.19. The number of unbranched alkanes of at least 4 members (excludes halogenated alkanes) is 7. The molecule has 0 aliphatic carbocycles. The third-order valence-corrected chi connectivity index (χ3v) is 2.87. The molecule has 1 heterocycles. The smallest absolute Gasteiger partial charge is 0.119 e. The van der Waals surface area contributed by atoms with Crippen LogP contribution in [0.1, 0.15) is 58.3 Å². The normalized spacial score (nSPS) is 14.2. The van der Waals surface area contributed by atoms with E-state index in [2.05, 4.69) is 6.92 Å². The van der Waals surface area contributed by atoms with Crippen LogP contribution in [0.25, 0.3) is 0 Å². The van der Waals surface area contributed by atoms with E-state index in [0.29, 0.717) is 0 Å². The molecule has 0 amide bonds. The highest BCUT2D eigenvalue weighted by Gasteiger charge is 1.99. The topological polar surface area (TPSA) is 12.5 Å². The second kappa shape index (κ2) is 9.32. The van der Waals surface area contributed by atoms with E-state index in [1.807, 2.05) is 23.4 Å². The van der Waals surface area contributed by atoms with E-state index < -0.39 is 0 Å². The van der Waals surface area contributed by atoms with Gasteiger partial charge in [0.25, 0.3) is 0 Å². The van der Waals surface area contributed by atoms with Gasteiger partial charge in [-0.25, -0.2) is 5.06 Å². The second-order valence-corrected chi connectivity index (χ2v) is 4.39. The molecule has 0 spiro atoms. The average Bonchev–Trinajstić information content (AvgIpc) is 2.34. The van der Waals surface area contributed by atoms with Crippen LogP contribution in [0, 0.1) is 0 Å². The van der Waals surface area contributed by atoms with Crippen molar-refractivity contribution in [2.45, 2.75) is 58.3 Å². The van der Waals surface area contributed by atoms with E-state index in [1.54, 1.807) is 6.26 Å². The van der Waals surface area contributed by atoms with Crippen LogP contribution in [-0.2, 0) is 4.84 Å². The molecule has 2 heteroatoms. The second-order valence-electron chi connectivity index (χ2n) is 4.39. The Labute approximate surface area is 99.9 Å². The zero-order valence-corrected chi connectivity index (χ0v) is 10.5. The van der Waals surface area contributed by atoms with Crippen LogP contribution in [0.3, 0.4) is 0 Å². The molecule has 92 valence electrons. The fraction of sp³-hybridized carbons (Fsp3) is 0.714. The van der Waals surface area contributed by atoms with Gasteiger partial charge in [0, 0.05) is 6.20 Å². The van der Waals surface area contributed by atoms with Gasteiger partial charge in [0.05, 0.1) is 6.54 Å². The van der Waals surface area contributed by atoms with Gasteiger partial charge in [-0.1, -0.05) is 51.9 Å². The molecule has 0 aromatic heterocycles. The van der Waals surface area contributed by atoms with Crippen LogP contribution in [-0.4, -0.2) is 11.6 Å². The van der Waals surface area contributed by atoms with Crippen molar-refractivity contribution >= 4 is 0 Å². The molecule has 0 N–H and O–H groups in total. The summed E-state index contributed by atoms with van der Waals surface area (Å²) in [5.41, 5.74) is 0. The fourth-order valence-corrected chi connectivity index (χ4v) is 1.87. The van der Waals surface area contributed by atoms with Gasteiger partial charge in [0.15, 0.2) is 0 Å². The standard InChI is InChI=1S/C14H25NO/c1-2-3-4-5-6-7-8-9-12-15-13-10-11-14-16-15/h10-11,13-14H,2-9,12H2,1H3. The predicted octanol–water partition coefficient (Wildman–Crippen LogP) is 4.40. The van der Waals surface area contributed by atoms with Crippen molar-refractivity contribution in [2.24, 2.45) is 0 Å². The molecule has 1 aliphatic rings. The lowest BCUT2D eigenvalue weighted by atomic mass is 10.1. The Morgan fingerprint density at radius 2 is 1.56 bits per heavy atom. The van der Waals surface area contributed by atoms with Crippen molar-refractivity contribution in [3.8, 4) is 0 Å². The van der Waals surface area contributed by atoms with E-state index in [0.717, 1.165) is 6.54 Å². The largest absolute Gasteiger partial charge is 0.388 e. The number of nitrogens with zero attached hydrogens (tertiary/aromatic N) is 1. The molecule has 0 aromatic rings. The Hall–Kier alpha value is -0.920. The summed E-state index contributed by atoms with van der Waals surface area (Å²) in [4.78, 5) is 5.30. The molecule has 0 aromatic carbocycles. The van der Waals surface area contributed by atoms with E-state index in [1.165, 1.54) is 51.4 Å². The maximum atomic E-state index is 5.30. The summed E-state index contributed by atoms with van der Waals surface area (Å²) < 4.78 is 0. The highest BCUT2D eigenvalue weighted by Crippen LogP contribution is 2.09. The highest BCUT2D eigenvalue weighted by molar-refractivity contribution is 5.01. The van der Waals surface area contributed by atoms with Gasteiger partial charge in [-0.3, -0.25) is 0 Å². The number of hydroxylamine groups is 2. The average molecular weight is 223 g/mol. The first-order valence-corrected chi connectivity index (χ1v) is 6.70. The van der Waals surface area contributed by atoms with E-state index in [9.17, 15) is 0 Å². The van der Waals surface area contributed by atoms with Crippen LogP contribution < -0.4 is 0 Å². The predicted molar refractivity (Wildman–Crippen MR) is 68.7 cm³/mol. The van der Waals surface area contributed by atoms with Gasteiger partial charge in [0.2, 0.25) is 0 Å². The molecule has 0 radical (unpaired) electrons.